The molecule has 1 heterocycles. The van der Waals surface area contributed by atoms with E-state index in [-0.39, 0.29) is 29.6 Å². The summed E-state index contributed by atoms with van der Waals surface area (Å²) in [5.41, 5.74) is 1.01. The summed E-state index contributed by atoms with van der Waals surface area (Å²) in [6, 6.07) is 6.62. The number of amides is 2. The molecular formula is C20H23NO4. The first kappa shape index (κ1) is 16.3. The number of benzene rings is 1. The molecule has 1 saturated heterocycles. The predicted octanol–water partition coefficient (Wildman–Crippen LogP) is 3.18. The minimum Gasteiger partial charge on any atom is -0.462 e. The first-order chi connectivity index (χ1) is 12.1. The van der Waals surface area contributed by atoms with Gasteiger partial charge in [-0.3, -0.25) is 14.5 Å². The number of unbranched alkanes of at least 4 members (excludes halogenated alkanes) is 1. The molecule has 1 aromatic rings. The normalized spacial score (nSPS) is 30.0. The van der Waals surface area contributed by atoms with Gasteiger partial charge < -0.3 is 4.74 Å². The molecule has 5 nitrogen and oxygen atoms in total. The average molecular weight is 341 g/mol. The molecule has 0 radical (unpaired) electrons. The lowest BCUT2D eigenvalue weighted by Gasteiger charge is -2.19. The lowest BCUT2D eigenvalue weighted by Crippen LogP contribution is -2.32. The van der Waals surface area contributed by atoms with Gasteiger partial charge in [-0.05, 0) is 61.8 Å². The number of rotatable bonds is 5. The van der Waals surface area contributed by atoms with Crippen molar-refractivity contribution < 1.29 is 19.1 Å². The van der Waals surface area contributed by atoms with Gasteiger partial charge in [0.1, 0.15) is 0 Å². The Morgan fingerprint density at radius 2 is 1.68 bits per heavy atom. The van der Waals surface area contributed by atoms with Crippen LogP contribution in [0.15, 0.2) is 24.3 Å². The van der Waals surface area contributed by atoms with Crippen LogP contribution in [0, 0.1) is 23.7 Å². The molecule has 3 fully saturated rings. The summed E-state index contributed by atoms with van der Waals surface area (Å²) in [6.07, 6.45) is 4.98. The van der Waals surface area contributed by atoms with Crippen molar-refractivity contribution in [3.05, 3.63) is 29.8 Å². The van der Waals surface area contributed by atoms with Crippen LogP contribution in [0.25, 0.3) is 0 Å². The highest BCUT2D eigenvalue weighted by molar-refractivity contribution is 6.22. The highest BCUT2D eigenvalue weighted by atomic mass is 16.5. The van der Waals surface area contributed by atoms with Gasteiger partial charge >= 0.3 is 5.97 Å². The standard InChI is InChI=1S/C20H23NO4/c1-2-3-10-25-20(24)12-6-8-15(9-7-12)21-18(22)16-13-4-5-14(11-13)17(16)19(21)23/h6-9,13-14,16-17H,2-5,10-11H2,1H3/t13-,14-,16-,17+/m0/s1. The number of fused-ring (bicyclic) bond motifs is 5. The van der Waals surface area contributed by atoms with E-state index in [1.807, 2.05) is 6.92 Å². The molecule has 25 heavy (non-hydrogen) atoms. The Kier molecular flexibility index (Phi) is 4.10. The van der Waals surface area contributed by atoms with Crippen molar-refractivity contribution in [3.63, 3.8) is 0 Å². The van der Waals surface area contributed by atoms with E-state index in [0.29, 0.717) is 29.7 Å². The van der Waals surface area contributed by atoms with Crippen molar-refractivity contribution in [2.75, 3.05) is 11.5 Å². The summed E-state index contributed by atoms with van der Waals surface area (Å²) < 4.78 is 5.19. The molecule has 3 aliphatic rings. The number of nitrogens with zero attached hydrogens (tertiary/aromatic N) is 1. The van der Waals surface area contributed by atoms with E-state index in [0.717, 1.165) is 32.1 Å². The topological polar surface area (TPSA) is 63.7 Å². The summed E-state index contributed by atoms with van der Waals surface area (Å²) >= 11 is 0. The molecule has 0 spiro atoms. The number of carbonyl (C=O) groups is 3. The molecule has 5 heteroatoms. The van der Waals surface area contributed by atoms with Gasteiger partial charge in [0.15, 0.2) is 0 Å². The molecular weight excluding hydrogens is 318 g/mol. The van der Waals surface area contributed by atoms with E-state index in [9.17, 15) is 14.4 Å². The monoisotopic (exact) mass is 341 g/mol. The van der Waals surface area contributed by atoms with Gasteiger partial charge in [0.05, 0.1) is 29.7 Å². The maximum Gasteiger partial charge on any atom is 0.338 e. The molecule has 4 rings (SSSR count). The van der Waals surface area contributed by atoms with Gasteiger partial charge in [-0.25, -0.2) is 4.79 Å². The quantitative estimate of drug-likeness (QED) is 0.469. The Balaban J connectivity index is 1.50. The first-order valence-electron chi connectivity index (χ1n) is 9.26. The van der Waals surface area contributed by atoms with Crippen molar-refractivity contribution >= 4 is 23.5 Å². The van der Waals surface area contributed by atoms with E-state index < -0.39 is 0 Å². The smallest absolute Gasteiger partial charge is 0.338 e. The zero-order valence-corrected chi connectivity index (χ0v) is 14.4. The number of hydrogen-bond donors (Lipinski definition) is 0. The zero-order valence-electron chi connectivity index (χ0n) is 14.4. The predicted molar refractivity (Wildman–Crippen MR) is 91.9 cm³/mol. The van der Waals surface area contributed by atoms with Crippen LogP contribution in [0.5, 0.6) is 0 Å². The van der Waals surface area contributed by atoms with E-state index >= 15 is 0 Å². The molecule has 1 aromatic carbocycles. The van der Waals surface area contributed by atoms with E-state index in [1.165, 1.54) is 4.90 Å². The van der Waals surface area contributed by atoms with Crippen molar-refractivity contribution in [2.24, 2.45) is 23.7 Å². The Morgan fingerprint density at radius 3 is 2.24 bits per heavy atom. The fourth-order valence-corrected chi connectivity index (χ4v) is 4.80. The second-order valence-corrected chi connectivity index (χ2v) is 7.43. The van der Waals surface area contributed by atoms with Crippen molar-refractivity contribution in [3.8, 4) is 0 Å². The Hall–Kier alpha value is -2.17. The number of imide groups is 1. The second-order valence-electron chi connectivity index (χ2n) is 7.43. The summed E-state index contributed by atoms with van der Waals surface area (Å²) in [7, 11) is 0. The SMILES string of the molecule is CCCCOC(=O)c1ccc(N2C(=O)[C@@H]3[C@H]4CC[C@@H](C4)[C@@H]3C2=O)cc1. The average Bonchev–Trinajstić information content (AvgIpc) is 3.29. The van der Waals surface area contributed by atoms with E-state index in [4.69, 9.17) is 4.74 Å². The van der Waals surface area contributed by atoms with Gasteiger partial charge in [-0.1, -0.05) is 13.3 Å². The molecule has 132 valence electrons. The minimum atomic E-state index is -0.367. The summed E-state index contributed by atoms with van der Waals surface area (Å²) in [6.45, 7) is 2.45. The molecule has 1 aliphatic heterocycles. The second kappa shape index (κ2) is 6.28. The van der Waals surface area contributed by atoms with Gasteiger partial charge in [-0.2, -0.15) is 0 Å². The first-order valence-corrected chi connectivity index (χ1v) is 9.26. The third-order valence-electron chi connectivity index (χ3n) is 6.02. The fraction of sp³-hybridized carbons (Fsp3) is 0.550. The molecule has 2 saturated carbocycles. The van der Waals surface area contributed by atoms with Crippen LogP contribution in [0.2, 0.25) is 0 Å². The van der Waals surface area contributed by atoms with Crippen LogP contribution in [0.1, 0.15) is 49.4 Å². The van der Waals surface area contributed by atoms with Crippen LogP contribution >= 0.6 is 0 Å². The third-order valence-corrected chi connectivity index (χ3v) is 6.02. The highest BCUT2D eigenvalue weighted by Gasteiger charge is 2.61. The van der Waals surface area contributed by atoms with Crippen molar-refractivity contribution in [1.82, 2.24) is 0 Å². The lowest BCUT2D eigenvalue weighted by molar-refractivity contribution is -0.123. The van der Waals surface area contributed by atoms with Crippen molar-refractivity contribution in [1.29, 1.82) is 0 Å². The Bertz CT molecular complexity index is 683. The number of hydrogen-bond acceptors (Lipinski definition) is 4. The number of anilines is 1. The summed E-state index contributed by atoms with van der Waals surface area (Å²) in [4.78, 5) is 38.9. The minimum absolute atomic E-state index is 0.0551. The number of esters is 1. The summed E-state index contributed by atoms with van der Waals surface area (Å²) in [5.74, 6) is 0.0401. The molecule has 0 N–H and O–H groups in total. The van der Waals surface area contributed by atoms with Crippen LogP contribution in [-0.4, -0.2) is 24.4 Å². The number of ether oxygens (including phenoxy) is 1. The van der Waals surface area contributed by atoms with Gasteiger partial charge in [0.2, 0.25) is 11.8 Å². The van der Waals surface area contributed by atoms with E-state index in [2.05, 4.69) is 0 Å². The molecule has 2 aliphatic carbocycles. The summed E-state index contributed by atoms with van der Waals surface area (Å²) in [5, 5.41) is 0. The lowest BCUT2D eigenvalue weighted by atomic mass is 9.81. The molecule has 4 atom stereocenters. The van der Waals surface area contributed by atoms with Crippen LogP contribution in [0.3, 0.4) is 0 Å². The van der Waals surface area contributed by atoms with Gasteiger partial charge in [0, 0.05) is 0 Å². The maximum atomic E-state index is 12.8. The van der Waals surface area contributed by atoms with Gasteiger partial charge in [-0.15, -0.1) is 0 Å². The Labute approximate surface area is 147 Å². The fourth-order valence-electron chi connectivity index (χ4n) is 4.80. The molecule has 0 aromatic heterocycles. The van der Waals surface area contributed by atoms with Crippen LogP contribution < -0.4 is 4.90 Å². The third kappa shape index (κ3) is 2.57. The number of carbonyl (C=O) groups excluding carboxylic acids is 3. The largest absolute Gasteiger partial charge is 0.462 e. The van der Waals surface area contributed by atoms with Crippen molar-refractivity contribution in [2.45, 2.75) is 39.0 Å². The molecule has 2 amide bonds. The zero-order chi connectivity index (χ0) is 17.6. The van der Waals surface area contributed by atoms with Gasteiger partial charge in [0.25, 0.3) is 0 Å². The highest BCUT2D eigenvalue weighted by Crippen LogP contribution is 2.56. The molecule has 0 unspecified atom stereocenters. The van der Waals surface area contributed by atoms with Crippen LogP contribution in [0.4, 0.5) is 5.69 Å². The Morgan fingerprint density at radius 1 is 1.08 bits per heavy atom. The van der Waals surface area contributed by atoms with Crippen LogP contribution in [-0.2, 0) is 14.3 Å². The van der Waals surface area contributed by atoms with E-state index in [1.54, 1.807) is 24.3 Å². The maximum absolute atomic E-state index is 12.8. The molecule has 2 bridgehead atoms.